The summed E-state index contributed by atoms with van der Waals surface area (Å²) in [6.07, 6.45) is 3.73. The molecular weight excluding hydrogens is 214 g/mol. The molecule has 94 valence electrons. The van der Waals surface area contributed by atoms with Crippen molar-refractivity contribution < 1.29 is 9.84 Å². The summed E-state index contributed by atoms with van der Waals surface area (Å²) in [7, 11) is 0. The van der Waals surface area contributed by atoms with Gasteiger partial charge in [0.15, 0.2) is 0 Å². The Morgan fingerprint density at radius 2 is 2.00 bits per heavy atom. The number of aromatic hydroxyl groups is 1. The van der Waals surface area contributed by atoms with Gasteiger partial charge in [-0.05, 0) is 57.0 Å². The number of nitrogens with zero attached hydrogens (tertiary/aromatic N) is 1. The molecule has 0 atom stereocenters. The Balaban J connectivity index is 1.70. The second-order valence-corrected chi connectivity index (χ2v) is 4.76. The third kappa shape index (κ3) is 3.93. The quantitative estimate of drug-likeness (QED) is 0.796. The van der Waals surface area contributed by atoms with Crippen LogP contribution in [0.2, 0.25) is 0 Å². The normalized spacial score (nSPS) is 16.3. The van der Waals surface area contributed by atoms with Gasteiger partial charge in [-0.3, -0.25) is 0 Å². The molecule has 0 aromatic heterocycles. The first-order chi connectivity index (χ1) is 8.24. The minimum atomic E-state index is 0.277. The lowest BCUT2D eigenvalue weighted by Crippen LogP contribution is -2.21. The smallest absolute Gasteiger partial charge is 0.123 e. The molecule has 1 fully saturated rings. The Morgan fingerprint density at radius 1 is 1.24 bits per heavy atom. The molecule has 0 spiro atoms. The molecule has 1 N–H and O–H groups in total. The van der Waals surface area contributed by atoms with Crippen molar-refractivity contribution in [1.29, 1.82) is 0 Å². The van der Waals surface area contributed by atoms with Crippen molar-refractivity contribution >= 4 is 0 Å². The first kappa shape index (κ1) is 12.2. The average molecular weight is 235 g/mol. The minimum absolute atomic E-state index is 0.277. The fraction of sp³-hybridized carbons (Fsp3) is 0.571. The molecule has 0 saturated carbocycles. The van der Waals surface area contributed by atoms with Crippen molar-refractivity contribution in [2.75, 3.05) is 26.2 Å². The second kappa shape index (κ2) is 5.92. The number of hydrogen-bond donors (Lipinski definition) is 1. The molecule has 1 saturated heterocycles. The third-order valence-corrected chi connectivity index (χ3v) is 3.12. The number of phenols is 1. The Morgan fingerprint density at radius 3 is 2.71 bits per heavy atom. The zero-order chi connectivity index (χ0) is 12.1. The van der Waals surface area contributed by atoms with Gasteiger partial charge in [-0.15, -0.1) is 0 Å². The Bertz CT molecular complexity index is 339. The van der Waals surface area contributed by atoms with Gasteiger partial charge in [0.2, 0.25) is 0 Å². The van der Waals surface area contributed by atoms with E-state index in [1.807, 2.05) is 13.0 Å². The molecule has 1 aromatic rings. The standard InChI is InChI=1S/C14H21NO2/c1-12-9-13(16)11-14(10-12)17-8-4-7-15-5-2-3-6-15/h9-11,16H,2-8H2,1H3. The number of benzene rings is 1. The van der Waals surface area contributed by atoms with Gasteiger partial charge >= 0.3 is 0 Å². The van der Waals surface area contributed by atoms with E-state index in [2.05, 4.69) is 4.90 Å². The topological polar surface area (TPSA) is 32.7 Å². The molecule has 2 rings (SSSR count). The van der Waals surface area contributed by atoms with E-state index < -0.39 is 0 Å². The van der Waals surface area contributed by atoms with Gasteiger partial charge in [-0.1, -0.05) is 0 Å². The molecule has 1 aliphatic rings. The van der Waals surface area contributed by atoms with Crippen LogP contribution in [0.15, 0.2) is 18.2 Å². The van der Waals surface area contributed by atoms with Crippen molar-refractivity contribution in [1.82, 2.24) is 4.90 Å². The van der Waals surface area contributed by atoms with E-state index in [1.165, 1.54) is 25.9 Å². The van der Waals surface area contributed by atoms with Gasteiger partial charge in [-0.2, -0.15) is 0 Å². The lowest BCUT2D eigenvalue weighted by Gasteiger charge is -2.14. The van der Waals surface area contributed by atoms with Gasteiger partial charge in [0.1, 0.15) is 11.5 Å². The molecule has 1 aliphatic heterocycles. The highest BCUT2D eigenvalue weighted by Gasteiger charge is 2.10. The van der Waals surface area contributed by atoms with E-state index in [-0.39, 0.29) is 5.75 Å². The summed E-state index contributed by atoms with van der Waals surface area (Å²) in [4.78, 5) is 2.48. The summed E-state index contributed by atoms with van der Waals surface area (Å²) >= 11 is 0. The van der Waals surface area contributed by atoms with Gasteiger partial charge in [0.25, 0.3) is 0 Å². The average Bonchev–Trinajstić information content (AvgIpc) is 2.76. The lowest BCUT2D eigenvalue weighted by molar-refractivity contribution is 0.262. The molecule has 0 bridgehead atoms. The summed E-state index contributed by atoms with van der Waals surface area (Å²) in [5.74, 6) is 1.04. The number of likely N-dealkylation sites (tertiary alicyclic amines) is 1. The van der Waals surface area contributed by atoms with Crippen LogP contribution in [0, 0.1) is 6.92 Å². The molecular formula is C14H21NO2. The summed E-state index contributed by atoms with van der Waals surface area (Å²) in [5.41, 5.74) is 1.03. The highest BCUT2D eigenvalue weighted by Crippen LogP contribution is 2.21. The fourth-order valence-electron chi connectivity index (χ4n) is 2.30. The van der Waals surface area contributed by atoms with Crippen LogP contribution in [0.4, 0.5) is 0 Å². The zero-order valence-corrected chi connectivity index (χ0v) is 10.5. The van der Waals surface area contributed by atoms with Gasteiger partial charge in [-0.25, -0.2) is 0 Å². The van der Waals surface area contributed by atoms with Gasteiger partial charge in [0.05, 0.1) is 6.61 Å². The van der Waals surface area contributed by atoms with Crippen molar-refractivity contribution in [3.05, 3.63) is 23.8 Å². The molecule has 1 aromatic carbocycles. The number of phenolic OH excluding ortho intramolecular Hbond substituents is 1. The van der Waals surface area contributed by atoms with E-state index in [0.717, 1.165) is 30.9 Å². The van der Waals surface area contributed by atoms with Crippen LogP contribution in [0.1, 0.15) is 24.8 Å². The van der Waals surface area contributed by atoms with E-state index >= 15 is 0 Å². The molecule has 3 nitrogen and oxygen atoms in total. The van der Waals surface area contributed by atoms with Crippen LogP contribution >= 0.6 is 0 Å². The van der Waals surface area contributed by atoms with E-state index in [0.29, 0.717) is 0 Å². The molecule has 0 unspecified atom stereocenters. The van der Waals surface area contributed by atoms with Crippen molar-refractivity contribution in [2.45, 2.75) is 26.2 Å². The summed E-state index contributed by atoms with van der Waals surface area (Å²) in [6, 6.07) is 5.36. The highest BCUT2D eigenvalue weighted by atomic mass is 16.5. The first-order valence-corrected chi connectivity index (χ1v) is 6.40. The number of rotatable bonds is 5. The van der Waals surface area contributed by atoms with Gasteiger partial charge in [0, 0.05) is 12.6 Å². The number of aryl methyl sites for hydroxylation is 1. The molecule has 0 radical (unpaired) electrons. The van der Waals surface area contributed by atoms with Crippen LogP contribution in [0.3, 0.4) is 0 Å². The SMILES string of the molecule is Cc1cc(O)cc(OCCCN2CCCC2)c1. The maximum atomic E-state index is 9.43. The maximum Gasteiger partial charge on any atom is 0.123 e. The van der Waals surface area contributed by atoms with Crippen molar-refractivity contribution in [3.8, 4) is 11.5 Å². The molecule has 0 aliphatic carbocycles. The van der Waals surface area contributed by atoms with Crippen molar-refractivity contribution in [3.63, 3.8) is 0 Å². The second-order valence-electron chi connectivity index (χ2n) is 4.76. The monoisotopic (exact) mass is 235 g/mol. The largest absolute Gasteiger partial charge is 0.508 e. The Kier molecular flexibility index (Phi) is 4.26. The predicted octanol–water partition coefficient (Wildman–Crippen LogP) is 2.57. The minimum Gasteiger partial charge on any atom is -0.508 e. The highest BCUT2D eigenvalue weighted by molar-refractivity contribution is 5.36. The van der Waals surface area contributed by atoms with Crippen molar-refractivity contribution in [2.24, 2.45) is 0 Å². The van der Waals surface area contributed by atoms with Crippen LogP contribution in [0.25, 0.3) is 0 Å². The predicted molar refractivity (Wildman–Crippen MR) is 68.6 cm³/mol. The third-order valence-electron chi connectivity index (χ3n) is 3.12. The van der Waals surface area contributed by atoms with E-state index in [9.17, 15) is 5.11 Å². The molecule has 1 heterocycles. The fourth-order valence-corrected chi connectivity index (χ4v) is 2.30. The maximum absolute atomic E-state index is 9.43. The summed E-state index contributed by atoms with van der Waals surface area (Å²) < 4.78 is 5.64. The van der Waals surface area contributed by atoms with Gasteiger partial charge < -0.3 is 14.7 Å². The molecule has 3 heteroatoms. The lowest BCUT2D eigenvalue weighted by atomic mass is 10.2. The van der Waals surface area contributed by atoms with Crippen LogP contribution in [0.5, 0.6) is 11.5 Å². The van der Waals surface area contributed by atoms with Crippen LogP contribution < -0.4 is 4.74 Å². The number of ether oxygens (including phenoxy) is 1. The Hall–Kier alpha value is -1.22. The Labute approximate surface area is 103 Å². The zero-order valence-electron chi connectivity index (χ0n) is 10.5. The molecule has 17 heavy (non-hydrogen) atoms. The summed E-state index contributed by atoms with van der Waals surface area (Å²) in [5, 5.41) is 9.43. The van der Waals surface area contributed by atoms with Crippen LogP contribution in [-0.4, -0.2) is 36.2 Å². The summed E-state index contributed by atoms with van der Waals surface area (Å²) in [6.45, 7) is 6.28. The first-order valence-electron chi connectivity index (χ1n) is 6.40. The van der Waals surface area contributed by atoms with E-state index in [1.54, 1.807) is 12.1 Å². The number of hydrogen-bond acceptors (Lipinski definition) is 3. The van der Waals surface area contributed by atoms with E-state index in [4.69, 9.17) is 4.74 Å². The van der Waals surface area contributed by atoms with Crippen LogP contribution in [-0.2, 0) is 0 Å². The molecule has 0 amide bonds.